The molecule has 17 heavy (non-hydrogen) atoms. The summed E-state index contributed by atoms with van der Waals surface area (Å²) < 4.78 is 0. The molecule has 0 aromatic heterocycles. The molecule has 2 aromatic rings. The fourth-order valence-corrected chi connectivity index (χ4v) is 1.46. The van der Waals surface area contributed by atoms with E-state index in [0.717, 1.165) is 11.3 Å². The number of nitrogens with one attached hydrogen (secondary N) is 1. The lowest BCUT2D eigenvalue weighted by atomic mass is 10.2. The standard InChI is InChI=1S/C14H14N2O/c1-11-3-2-4-13(9-11)16-15-10-12-5-7-14(17)8-6-12/h2-10,16-17H,1H3/b15-10+. The van der Waals surface area contributed by atoms with Gasteiger partial charge in [-0.25, -0.2) is 0 Å². The van der Waals surface area contributed by atoms with Crippen LogP contribution in [-0.4, -0.2) is 11.3 Å². The summed E-state index contributed by atoms with van der Waals surface area (Å²) in [7, 11) is 0. The van der Waals surface area contributed by atoms with Crippen molar-refractivity contribution >= 4 is 11.9 Å². The van der Waals surface area contributed by atoms with Gasteiger partial charge in [0.15, 0.2) is 0 Å². The Kier molecular flexibility index (Phi) is 3.40. The fourth-order valence-electron chi connectivity index (χ4n) is 1.46. The van der Waals surface area contributed by atoms with E-state index in [1.54, 1.807) is 30.5 Å². The molecule has 3 nitrogen and oxygen atoms in total. The Morgan fingerprint density at radius 2 is 1.88 bits per heavy atom. The van der Waals surface area contributed by atoms with Gasteiger partial charge in [-0.2, -0.15) is 5.10 Å². The van der Waals surface area contributed by atoms with Gasteiger partial charge in [-0.05, 0) is 54.4 Å². The second-order valence-corrected chi connectivity index (χ2v) is 3.83. The number of aromatic hydroxyl groups is 1. The first kappa shape index (κ1) is 11.2. The molecule has 2 aromatic carbocycles. The molecule has 0 aliphatic rings. The number of hydrogen-bond acceptors (Lipinski definition) is 3. The third-order valence-electron chi connectivity index (χ3n) is 2.32. The van der Waals surface area contributed by atoms with Crippen LogP contribution in [0.2, 0.25) is 0 Å². The lowest BCUT2D eigenvalue weighted by Gasteiger charge is -2.00. The number of aryl methyl sites for hydroxylation is 1. The molecule has 0 aliphatic heterocycles. The molecule has 2 rings (SSSR count). The van der Waals surface area contributed by atoms with E-state index in [4.69, 9.17) is 5.11 Å². The van der Waals surface area contributed by atoms with E-state index in [-0.39, 0.29) is 5.75 Å². The van der Waals surface area contributed by atoms with E-state index < -0.39 is 0 Å². The van der Waals surface area contributed by atoms with E-state index in [1.165, 1.54) is 5.56 Å². The zero-order valence-electron chi connectivity index (χ0n) is 9.59. The van der Waals surface area contributed by atoms with Gasteiger partial charge in [0.2, 0.25) is 0 Å². The average Bonchev–Trinajstić information content (AvgIpc) is 2.32. The van der Waals surface area contributed by atoms with Crippen molar-refractivity contribution in [2.75, 3.05) is 5.43 Å². The third-order valence-corrected chi connectivity index (χ3v) is 2.32. The van der Waals surface area contributed by atoms with Crippen LogP contribution in [0.25, 0.3) is 0 Å². The predicted octanol–water partition coefficient (Wildman–Crippen LogP) is 3.15. The van der Waals surface area contributed by atoms with Crippen LogP contribution < -0.4 is 5.43 Å². The van der Waals surface area contributed by atoms with Crippen molar-refractivity contribution in [1.29, 1.82) is 0 Å². The summed E-state index contributed by atoms with van der Waals surface area (Å²) in [6.45, 7) is 2.04. The zero-order valence-corrected chi connectivity index (χ0v) is 9.59. The van der Waals surface area contributed by atoms with Gasteiger partial charge in [0, 0.05) is 0 Å². The molecule has 0 atom stereocenters. The summed E-state index contributed by atoms with van der Waals surface area (Å²) >= 11 is 0. The average molecular weight is 226 g/mol. The molecule has 2 N–H and O–H groups in total. The van der Waals surface area contributed by atoms with E-state index in [1.807, 2.05) is 31.2 Å². The minimum Gasteiger partial charge on any atom is -0.508 e. The number of nitrogens with zero attached hydrogens (tertiary/aromatic N) is 1. The van der Waals surface area contributed by atoms with Crippen LogP contribution in [0.3, 0.4) is 0 Å². The van der Waals surface area contributed by atoms with Gasteiger partial charge in [0.1, 0.15) is 5.75 Å². The fraction of sp³-hybridized carbons (Fsp3) is 0.0714. The second kappa shape index (κ2) is 5.16. The number of phenols is 1. The van der Waals surface area contributed by atoms with Gasteiger partial charge in [0.05, 0.1) is 11.9 Å². The second-order valence-electron chi connectivity index (χ2n) is 3.83. The SMILES string of the molecule is Cc1cccc(N/N=C/c2ccc(O)cc2)c1. The van der Waals surface area contributed by atoms with Crippen molar-refractivity contribution < 1.29 is 5.11 Å². The maximum absolute atomic E-state index is 9.13. The van der Waals surface area contributed by atoms with Crippen LogP contribution in [0.4, 0.5) is 5.69 Å². The van der Waals surface area contributed by atoms with Crippen LogP contribution in [0.15, 0.2) is 53.6 Å². The predicted molar refractivity (Wildman–Crippen MR) is 70.5 cm³/mol. The lowest BCUT2D eigenvalue weighted by Crippen LogP contribution is -1.90. The molecule has 0 aliphatic carbocycles. The summed E-state index contributed by atoms with van der Waals surface area (Å²) in [6, 6.07) is 14.9. The molecule has 0 amide bonds. The largest absolute Gasteiger partial charge is 0.508 e. The van der Waals surface area contributed by atoms with E-state index >= 15 is 0 Å². The van der Waals surface area contributed by atoms with Crippen molar-refractivity contribution in [2.24, 2.45) is 5.10 Å². The first-order valence-corrected chi connectivity index (χ1v) is 5.39. The number of anilines is 1. The Balaban J connectivity index is 2.00. The van der Waals surface area contributed by atoms with E-state index in [0.29, 0.717) is 0 Å². The van der Waals surface area contributed by atoms with Gasteiger partial charge in [-0.1, -0.05) is 12.1 Å². The Morgan fingerprint density at radius 3 is 2.59 bits per heavy atom. The normalized spacial score (nSPS) is 10.6. The number of hydrazone groups is 1. The molecule has 0 bridgehead atoms. The molecule has 3 heteroatoms. The highest BCUT2D eigenvalue weighted by Crippen LogP contribution is 2.10. The Morgan fingerprint density at radius 1 is 1.12 bits per heavy atom. The molecule has 0 heterocycles. The molecular weight excluding hydrogens is 212 g/mol. The van der Waals surface area contributed by atoms with Crippen molar-refractivity contribution in [3.05, 3.63) is 59.7 Å². The van der Waals surface area contributed by atoms with Crippen molar-refractivity contribution in [1.82, 2.24) is 0 Å². The minimum absolute atomic E-state index is 0.258. The number of hydrogen-bond donors (Lipinski definition) is 2. The quantitative estimate of drug-likeness (QED) is 0.623. The molecule has 0 saturated carbocycles. The van der Waals surface area contributed by atoms with Crippen LogP contribution >= 0.6 is 0 Å². The Bertz CT molecular complexity index is 518. The summed E-state index contributed by atoms with van der Waals surface area (Å²) in [5.74, 6) is 0.258. The number of rotatable bonds is 3. The molecule has 0 spiro atoms. The first-order valence-electron chi connectivity index (χ1n) is 5.39. The maximum Gasteiger partial charge on any atom is 0.115 e. The number of benzene rings is 2. The summed E-state index contributed by atoms with van der Waals surface area (Å²) in [5.41, 5.74) is 6.04. The smallest absolute Gasteiger partial charge is 0.115 e. The van der Waals surface area contributed by atoms with Gasteiger partial charge in [-0.3, -0.25) is 5.43 Å². The van der Waals surface area contributed by atoms with Gasteiger partial charge in [-0.15, -0.1) is 0 Å². The highest BCUT2D eigenvalue weighted by molar-refractivity contribution is 5.80. The molecule has 86 valence electrons. The highest BCUT2D eigenvalue weighted by Gasteiger charge is 1.90. The minimum atomic E-state index is 0.258. The maximum atomic E-state index is 9.13. The summed E-state index contributed by atoms with van der Waals surface area (Å²) in [4.78, 5) is 0. The molecule has 0 radical (unpaired) electrons. The molecule has 0 saturated heterocycles. The molecule has 0 unspecified atom stereocenters. The van der Waals surface area contributed by atoms with Crippen molar-refractivity contribution in [2.45, 2.75) is 6.92 Å². The molecular formula is C14H14N2O. The summed E-state index contributed by atoms with van der Waals surface area (Å²) in [5, 5.41) is 13.3. The van der Waals surface area contributed by atoms with Gasteiger partial charge >= 0.3 is 0 Å². The van der Waals surface area contributed by atoms with E-state index in [9.17, 15) is 0 Å². The third kappa shape index (κ3) is 3.34. The van der Waals surface area contributed by atoms with E-state index in [2.05, 4.69) is 10.5 Å². The topological polar surface area (TPSA) is 44.6 Å². The van der Waals surface area contributed by atoms with Crippen molar-refractivity contribution in [3.8, 4) is 5.75 Å². The lowest BCUT2D eigenvalue weighted by molar-refractivity contribution is 0.475. The van der Waals surface area contributed by atoms with Gasteiger partial charge < -0.3 is 5.11 Å². The molecule has 0 fully saturated rings. The number of phenolic OH excluding ortho intramolecular Hbond substituents is 1. The Hall–Kier alpha value is -2.29. The first-order chi connectivity index (χ1) is 8.24. The van der Waals surface area contributed by atoms with Crippen LogP contribution in [0.1, 0.15) is 11.1 Å². The van der Waals surface area contributed by atoms with Crippen LogP contribution in [0.5, 0.6) is 5.75 Å². The zero-order chi connectivity index (χ0) is 12.1. The van der Waals surface area contributed by atoms with Crippen molar-refractivity contribution in [3.63, 3.8) is 0 Å². The Labute approximate surface area is 100 Å². The monoisotopic (exact) mass is 226 g/mol. The van der Waals surface area contributed by atoms with Crippen LogP contribution in [-0.2, 0) is 0 Å². The highest BCUT2D eigenvalue weighted by atomic mass is 16.3. The van der Waals surface area contributed by atoms with Crippen LogP contribution in [0, 0.1) is 6.92 Å². The summed E-state index contributed by atoms with van der Waals surface area (Å²) in [6.07, 6.45) is 1.71. The van der Waals surface area contributed by atoms with Gasteiger partial charge in [0.25, 0.3) is 0 Å².